The molecule has 3 heterocycles. The van der Waals surface area contributed by atoms with E-state index in [0.29, 0.717) is 17.2 Å². The smallest absolute Gasteiger partial charge is 0.239 e. The Morgan fingerprint density at radius 3 is 2.52 bits per heavy atom. The number of nitrogens with one attached hydrogen (secondary N) is 1. The highest BCUT2D eigenvalue weighted by molar-refractivity contribution is 6.05. The summed E-state index contributed by atoms with van der Waals surface area (Å²) in [5.74, 6) is -1.13. The van der Waals surface area contributed by atoms with Gasteiger partial charge in [0.2, 0.25) is 11.9 Å². The molecule has 1 aliphatic heterocycles. The van der Waals surface area contributed by atoms with Crippen LogP contribution in [0.2, 0.25) is 0 Å². The predicted octanol–water partition coefficient (Wildman–Crippen LogP) is 3.58. The molecule has 0 spiro atoms. The number of aliphatic imine (C=N–C) groups is 1. The molecule has 5 rings (SSSR count). The van der Waals surface area contributed by atoms with Crippen LogP contribution in [0.15, 0.2) is 65.9 Å². The van der Waals surface area contributed by atoms with Gasteiger partial charge in [-0.25, -0.2) is 9.98 Å². The molecule has 0 unspecified atom stereocenters. The fraction of sp³-hybridized carbons (Fsp3) is 0.240. The number of carbonyl (C=O) groups is 1. The molecule has 8 heteroatoms. The quantitative estimate of drug-likeness (QED) is 0.465. The molecule has 1 fully saturated rings. The molecular weight excluding hydrogens is 419 g/mol. The van der Waals surface area contributed by atoms with Crippen LogP contribution in [-0.2, 0) is 10.3 Å². The summed E-state index contributed by atoms with van der Waals surface area (Å²) in [6, 6.07) is 14.5. The van der Waals surface area contributed by atoms with E-state index in [9.17, 15) is 9.18 Å². The largest absolute Gasteiger partial charge is 0.369 e. The molecule has 3 aromatic rings. The molecule has 0 saturated heterocycles. The van der Waals surface area contributed by atoms with Crippen LogP contribution >= 0.6 is 0 Å². The fourth-order valence-corrected chi connectivity index (χ4v) is 4.43. The van der Waals surface area contributed by atoms with Crippen LogP contribution in [0, 0.1) is 11.4 Å². The Kier molecular flexibility index (Phi) is 5.00. The van der Waals surface area contributed by atoms with Crippen LogP contribution in [0.25, 0.3) is 11.3 Å². The maximum Gasteiger partial charge on any atom is 0.239 e. The van der Waals surface area contributed by atoms with E-state index < -0.39 is 17.4 Å². The molecule has 3 N–H and O–H groups in total. The molecule has 1 aromatic carbocycles. The van der Waals surface area contributed by atoms with Gasteiger partial charge in [0.1, 0.15) is 5.54 Å². The number of halogens is 1. The summed E-state index contributed by atoms with van der Waals surface area (Å²) in [5.41, 5.74) is 7.77. The van der Waals surface area contributed by atoms with Crippen molar-refractivity contribution in [2.24, 2.45) is 10.7 Å². The average Bonchev–Trinajstić information content (AvgIpc) is 3.68. The Balaban J connectivity index is 1.67. The normalized spacial score (nSPS) is 22.7. The number of pyridine rings is 2. The summed E-state index contributed by atoms with van der Waals surface area (Å²) in [6.45, 7) is 0. The van der Waals surface area contributed by atoms with Gasteiger partial charge in [-0.15, -0.1) is 0 Å². The number of carbonyl (C=O) groups excluding carboxylic acids is 1. The molecule has 2 atom stereocenters. The number of hydrogen-bond donors (Lipinski definition) is 2. The minimum absolute atomic E-state index is 0.0141. The average molecular weight is 442 g/mol. The molecule has 0 bridgehead atoms. The second kappa shape index (κ2) is 7.88. The van der Waals surface area contributed by atoms with Gasteiger partial charge in [0.15, 0.2) is 5.96 Å². The van der Waals surface area contributed by atoms with E-state index in [0.717, 1.165) is 11.8 Å². The van der Waals surface area contributed by atoms with Crippen LogP contribution in [0.4, 0.5) is 4.39 Å². The van der Waals surface area contributed by atoms with Gasteiger partial charge in [0.25, 0.3) is 0 Å². The van der Waals surface area contributed by atoms with Gasteiger partial charge >= 0.3 is 0 Å². The Labute approximate surface area is 190 Å². The van der Waals surface area contributed by atoms with Crippen molar-refractivity contribution in [3.05, 3.63) is 83.6 Å². The SMILES string of the molecule is CN1C(=O)[C@H](c2ccc(C3CC3)cc2)[C@@](C=N)(c2ccnc(-c3cccnc3F)c2)N=C1N. The molecule has 1 saturated carbocycles. The van der Waals surface area contributed by atoms with E-state index in [-0.39, 0.29) is 17.4 Å². The van der Waals surface area contributed by atoms with Gasteiger partial charge in [0.05, 0.1) is 17.2 Å². The van der Waals surface area contributed by atoms with Crippen LogP contribution in [0.3, 0.4) is 0 Å². The number of likely N-dealkylation sites (N-methyl/N-ethyl adjacent to an activating group) is 1. The third-order valence-corrected chi connectivity index (χ3v) is 6.46. The van der Waals surface area contributed by atoms with Crippen molar-refractivity contribution >= 4 is 18.1 Å². The molecule has 166 valence electrons. The standard InChI is InChI=1S/C25H23FN6O/c1-32-23(33)21(17-8-6-16(7-9-17)15-4-5-15)25(14-27,31-24(32)28)18-10-12-29-20(13-18)19-3-2-11-30-22(19)26/h2-3,6-15,21,27H,4-5H2,1H3,(H2,28,31)/t21-,25+/m0/s1. The summed E-state index contributed by atoms with van der Waals surface area (Å²) in [5, 5.41) is 8.38. The zero-order valence-corrected chi connectivity index (χ0v) is 18.1. The van der Waals surface area contributed by atoms with Crippen molar-refractivity contribution in [2.75, 3.05) is 7.05 Å². The fourth-order valence-electron chi connectivity index (χ4n) is 4.43. The lowest BCUT2D eigenvalue weighted by Gasteiger charge is -2.40. The summed E-state index contributed by atoms with van der Waals surface area (Å²) in [6.07, 6.45) is 6.39. The molecule has 0 radical (unpaired) electrons. The van der Waals surface area contributed by atoms with E-state index in [2.05, 4.69) is 15.0 Å². The number of nitrogens with two attached hydrogens (primary N) is 1. The first-order valence-electron chi connectivity index (χ1n) is 10.8. The molecule has 1 amide bonds. The molecular formula is C25H23FN6O. The molecule has 2 aliphatic rings. The topological polar surface area (TPSA) is 108 Å². The maximum absolute atomic E-state index is 14.3. The van der Waals surface area contributed by atoms with E-state index in [4.69, 9.17) is 11.1 Å². The zero-order chi connectivity index (χ0) is 23.2. The van der Waals surface area contributed by atoms with Crippen LogP contribution in [0.1, 0.15) is 41.4 Å². The summed E-state index contributed by atoms with van der Waals surface area (Å²) >= 11 is 0. The molecule has 33 heavy (non-hydrogen) atoms. The maximum atomic E-state index is 14.3. The minimum atomic E-state index is -1.40. The van der Waals surface area contributed by atoms with Crippen LogP contribution < -0.4 is 5.73 Å². The Morgan fingerprint density at radius 2 is 1.85 bits per heavy atom. The van der Waals surface area contributed by atoms with Gasteiger partial charge in [-0.1, -0.05) is 24.3 Å². The van der Waals surface area contributed by atoms with Crippen molar-refractivity contribution in [1.82, 2.24) is 14.9 Å². The minimum Gasteiger partial charge on any atom is -0.369 e. The van der Waals surface area contributed by atoms with Crippen molar-refractivity contribution < 1.29 is 9.18 Å². The number of hydrogen-bond acceptors (Lipinski definition) is 6. The highest BCUT2D eigenvalue weighted by Gasteiger charge is 2.49. The highest BCUT2D eigenvalue weighted by Crippen LogP contribution is 2.45. The Bertz CT molecular complexity index is 1270. The number of benzene rings is 1. The second-order valence-electron chi connectivity index (χ2n) is 8.48. The van der Waals surface area contributed by atoms with E-state index >= 15 is 0 Å². The molecule has 7 nitrogen and oxygen atoms in total. The van der Waals surface area contributed by atoms with Crippen molar-refractivity contribution in [1.29, 1.82) is 5.41 Å². The molecule has 1 aliphatic carbocycles. The van der Waals surface area contributed by atoms with Crippen molar-refractivity contribution in [3.63, 3.8) is 0 Å². The number of aromatic nitrogens is 2. The lowest BCUT2D eigenvalue weighted by Crippen LogP contribution is -2.54. The van der Waals surface area contributed by atoms with Gasteiger partial charge in [-0.2, -0.15) is 4.39 Å². The van der Waals surface area contributed by atoms with Gasteiger partial charge in [-0.05, 0) is 59.7 Å². The monoisotopic (exact) mass is 442 g/mol. The van der Waals surface area contributed by atoms with E-state index in [1.54, 1.807) is 31.3 Å². The first kappa shape index (κ1) is 20.9. The Hall–Kier alpha value is -3.94. The summed E-state index contributed by atoms with van der Waals surface area (Å²) < 4.78 is 14.3. The zero-order valence-electron chi connectivity index (χ0n) is 18.1. The number of rotatable bonds is 5. The number of nitrogens with zero attached hydrogens (tertiary/aromatic N) is 4. The van der Waals surface area contributed by atoms with Gasteiger partial charge in [0, 0.05) is 25.7 Å². The van der Waals surface area contributed by atoms with E-state index in [1.165, 1.54) is 35.7 Å². The first-order chi connectivity index (χ1) is 15.9. The third-order valence-electron chi connectivity index (χ3n) is 6.46. The number of amides is 1. The highest BCUT2D eigenvalue weighted by atomic mass is 19.1. The summed E-state index contributed by atoms with van der Waals surface area (Å²) in [7, 11) is 1.57. The number of guanidine groups is 1. The summed E-state index contributed by atoms with van der Waals surface area (Å²) in [4.78, 5) is 27.4. The second-order valence-corrected chi connectivity index (χ2v) is 8.48. The third kappa shape index (κ3) is 3.47. The van der Waals surface area contributed by atoms with Crippen molar-refractivity contribution in [3.8, 4) is 11.3 Å². The Morgan fingerprint density at radius 1 is 1.12 bits per heavy atom. The van der Waals surface area contributed by atoms with E-state index in [1.807, 2.05) is 24.3 Å². The van der Waals surface area contributed by atoms with Gasteiger partial charge < -0.3 is 11.1 Å². The predicted molar refractivity (Wildman–Crippen MR) is 123 cm³/mol. The van der Waals surface area contributed by atoms with Crippen molar-refractivity contribution in [2.45, 2.75) is 30.2 Å². The lowest BCUT2D eigenvalue weighted by molar-refractivity contribution is -0.129. The van der Waals surface area contributed by atoms with Crippen LogP contribution in [-0.4, -0.2) is 40.0 Å². The van der Waals surface area contributed by atoms with Crippen LogP contribution in [0.5, 0.6) is 0 Å². The molecule has 2 aromatic heterocycles. The van der Waals surface area contributed by atoms with Gasteiger partial charge in [-0.3, -0.25) is 14.7 Å². The lowest BCUT2D eigenvalue weighted by atomic mass is 9.73. The first-order valence-corrected chi connectivity index (χ1v) is 10.8.